The van der Waals surface area contributed by atoms with Gasteiger partial charge in [0.1, 0.15) is 12.7 Å². The van der Waals surface area contributed by atoms with Gasteiger partial charge in [-0.05, 0) is 17.5 Å². The molecule has 0 fully saturated rings. The Hall–Kier alpha value is -5.10. The van der Waals surface area contributed by atoms with E-state index in [2.05, 4.69) is 54.2 Å². The van der Waals surface area contributed by atoms with Gasteiger partial charge in [-0.2, -0.15) is 22.9 Å². The number of aromatic nitrogens is 7. The molecule has 0 radical (unpaired) electrons. The van der Waals surface area contributed by atoms with Gasteiger partial charge in [-0.3, -0.25) is 9.97 Å². The maximum Gasteiger partial charge on any atom is 2.00 e. The van der Waals surface area contributed by atoms with Crippen molar-refractivity contribution in [3.05, 3.63) is 141 Å². The summed E-state index contributed by atoms with van der Waals surface area (Å²) in [7, 11) is 0. The van der Waals surface area contributed by atoms with Crippen LogP contribution in [0.15, 0.2) is 116 Å². The zero-order valence-electron chi connectivity index (χ0n) is 24.0. The average molecular weight is 972 g/mol. The van der Waals surface area contributed by atoms with Gasteiger partial charge in [0.25, 0.3) is 0 Å². The summed E-state index contributed by atoms with van der Waals surface area (Å²) >= 11 is 0. The van der Waals surface area contributed by atoms with Gasteiger partial charge < -0.3 is 14.0 Å². The topological polar surface area (TPSA) is 101 Å². The summed E-state index contributed by atoms with van der Waals surface area (Å²) in [6.45, 7) is 0. The molecule has 0 saturated heterocycles. The van der Waals surface area contributed by atoms with Crippen molar-refractivity contribution in [2.75, 3.05) is 0 Å². The molecule has 0 aliphatic rings. The Morgan fingerprint density at radius 2 is 0.957 bits per heavy atom. The first-order valence-corrected chi connectivity index (χ1v) is 13.9. The summed E-state index contributed by atoms with van der Waals surface area (Å²) in [4.78, 5) is 25.7. The van der Waals surface area contributed by atoms with Crippen molar-refractivity contribution in [1.82, 2.24) is 34.5 Å². The summed E-state index contributed by atoms with van der Waals surface area (Å²) in [6.07, 6.45) is 9.79. The molecule has 9 nitrogen and oxygen atoms in total. The fraction of sp³-hybridized carbons (Fsp3) is 0. The van der Waals surface area contributed by atoms with Gasteiger partial charge in [0, 0.05) is 47.8 Å². The van der Waals surface area contributed by atoms with Crippen LogP contribution in [0.1, 0.15) is 0 Å². The van der Waals surface area contributed by atoms with E-state index in [0.29, 0.717) is 28.9 Å². The molecular weight excluding hydrogens is 953 g/mol. The Labute approximate surface area is 298 Å². The minimum Gasteiger partial charge on any atom is -0.503 e. The molecule has 0 atom stereocenters. The van der Waals surface area contributed by atoms with Crippen LogP contribution in [0.25, 0.3) is 50.3 Å². The number of nitrogens with zero attached hydrogens (tertiary/aromatic N) is 7. The third-order valence-electron chi connectivity index (χ3n) is 6.98. The van der Waals surface area contributed by atoms with Gasteiger partial charge in [-0.25, -0.2) is 19.9 Å². The average Bonchev–Trinajstić information content (AvgIpc) is 3.42. The number of ether oxygens (including phenoxy) is 2. The van der Waals surface area contributed by atoms with Crippen LogP contribution in [0, 0.1) is 24.3 Å². The maximum absolute atomic E-state index is 6.23. The minimum atomic E-state index is 0. The molecule has 0 unspecified atom stereocenters. The molecule has 4 aromatic heterocycles. The fourth-order valence-electron chi connectivity index (χ4n) is 5.00. The van der Waals surface area contributed by atoms with Gasteiger partial charge in [-0.1, -0.05) is 35.3 Å². The molecule has 0 bridgehead atoms. The number of hydrogen-bond donors (Lipinski definition) is 0. The van der Waals surface area contributed by atoms with Crippen molar-refractivity contribution >= 4 is 21.8 Å². The predicted molar refractivity (Wildman–Crippen MR) is 167 cm³/mol. The quantitative estimate of drug-likeness (QED) is 0.154. The third-order valence-corrected chi connectivity index (χ3v) is 6.98. The standard InChI is InChI=1S/C36H19N7O2.2Pt/c1-4-24(32-12-16-37-22-41-32)18-26(6-1)44-28-8-10-30-31-11-9-29(21-35(31)43(34(30)20-28)36-39-14-3-15-40-36)45-27-7-2-5-25(19-27)33-13-17-38-23-42-33;;/h1-17,22-23H;;/q-4;2*+2. The van der Waals surface area contributed by atoms with Crippen LogP contribution < -0.4 is 9.47 Å². The molecule has 4 heterocycles. The van der Waals surface area contributed by atoms with E-state index < -0.39 is 0 Å². The van der Waals surface area contributed by atoms with Crippen LogP contribution in [-0.4, -0.2) is 34.5 Å². The first-order valence-electron chi connectivity index (χ1n) is 13.9. The number of rotatable bonds is 7. The van der Waals surface area contributed by atoms with Gasteiger partial charge in [0.05, 0.1) is 0 Å². The van der Waals surface area contributed by atoms with Crippen molar-refractivity contribution in [1.29, 1.82) is 0 Å². The van der Waals surface area contributed by atoms with Gasteiger partial charge >= 0.3 is 42.1 Å². The molecule has 47 heavy (non-hydrogen) atoms. The Morgan fingerprint density at radius 3 is 1.43 bits per heavy atom. The van der Waals surface area contributed by atoms with E-state index in [1.807, 2.05) is 77.4 Å². The number of fused-ring (bicyclic) bond motifs is 3. The number of hydrogen-bond acceptors (Lipinski definition) is 8. The zero-order valence-corrected chi connectivity index (χ0v) is 28.6. The smallest absolute Gasteiger partial charge is 0.503 e. The Morgan fingerprint density at radius 1 is 0.468 bits per heavy atom. The van der Waals surface area contributed by atoms with E-state index in [1.165, 1.54) is 12.7 Å². The molecule has 8 rings (SSSR count). The van der Waals surface area contributed by atoms with Crippen molar-refractivity contribution in [2.24, 2.45) is 0 Å². The summed E-state index contributed by atoms with van der Waals surface area (Å²) in [5.74, 6) is 2.54. The summed E-state index contributed by atoms with van der Waals surface area (Å²) in [6, 6.07) is 37.9. The van der Waals surface area contributed by atoms with Crippen molar-refractivity contribution in [3.8, 4) is 51.5 Å². The normalized spacial score (nSPS) is 10.6. The second kappa shape index (κ2) is 14.1. The molecule has 0 amide bonds. The molecule has 0 saturated carbocycles. The summed E-state index contributed by atoms with van der Waals surface area (Å²) in [5, 5.41) is 1.87. The maximum atomic E-state index is 6.23. The Balaban J connectivity index is 0.00000193. The Bertz CT molecular complexity index is 2150. The van der Waals surface area contributed by atoms with E-state index in [0.717, 1.165) is 44.3 Å². The van der Waals surface area contributed by atoms with E-state index >= 15 is 0 Å². The van der Waals surface area contributed by atoms with Crippen LogP contribution in [0.5, 0.6) is 23.0 Å². The van der Waals surface area contributed by atoms with Crippen molar-refractivity contribution < 1.29 is 51.6 Å². The molecule has 4 aromatic carbocycles. The van der Waals surface area contributed by atoms with Crippen LogP contribution >= 0.6 is 0 Å². The van der Waals surface area contributed by atoms with Crippen molar-refractivity contribution in [3.63, 3.8) is 0 Å². The molecule has 0 aliphatic heterocycles. The second-order valence-electron chi connectivity index (χ2n) is 9.80. The molecule has 11 heteroatoms. The van der Waals surface area contributed by atoms with Crippen LogP contribution in [-0.2, 0) is 42.1 Å². The third kappa shape index (κ3) is 6.59. The second-order valence-corrected chi connectivity index (χ2v) is 9.80. The SMILES string of the molecule is [Pt+2].[Pt+2].[c-]1c(Oc2[c-]c3c(cc2)c2ccc(Oc4[c-]c(-c5ccncn5)ccc4)[c-]c2n3-c2ncccn2)cccc1-c1ccncn1. The monoisotopic (exact) mass is 971 g/mol. The predicted octanol–water partition coefficient (Wildman–Crippen LogP) is 7.27. The van der Waals surface area contributed by atoms with Crippen molar-refractivity contribution in [2.45, 2.75) is 0 Å². The van der Waals surface area contributed by atoms with Gasteiger partial charge in [0.2, 0.25) is 5.95 Å². The largest absolute Gasteiger partial charge is 2.00 e. The van der Waals surface area contributed by atoms with E-state index in [1.54, 1.807) is 30.9 Å². The Kier molecular flexibility index (Phi) is 9.57. The number of benzene rings is 4. The van der Waals surface area contributed by atoms with Gasteiger partial charge in [0.15, 0.2) is 0 Å². The van der Waals surface area contributed by atoms with Crippen LogP contribution in [0.2, 0.25) is 0 Å². The molecule has 0 spiro atoms. The van der Waals surface area contributed by atoms with E-state index in [4.69, 9.17) is 9.47 Å². The molecule has 0 N–H and O–H groups in total. The fourth-order valence-corrected chi connectivity index (χ4v) is 5.00. The van der Waals surface area contributed by atoms with Gasteiger partial charge in [-0.15, -0.1) is 71.8 Å². The van der Waals surface area contributed by atoms with Crippen LogP contribution in [0.3, 0.4) is 0 Å². The summed E-state index contributed by atoms with van der Waals surface area (Å²) < 4.78 is 14.4. The van der Waals surface area contributed by atoms with E-state index in [9.17, 15) is 0 Å². The minimum absolute atomic E-state index is 0. The van der Waals surface area contributed by atoms with E-state index in [-0.39, 0.29) is 42.1 Å². The zero-order chi connectivity index (χ0) is 30.0. The van der Waals surface area contributed by atoms with Crippen LogP contribution in [0.4, 0.5) is 0 Å². The first-order chi connectivity index (χ1) is 22.3. The summed E-state index contributed by atoms with van der Waals surface area (Å²) in [5.41, 5.74) is 4.55. The molecule has 230 valence electrons. The molecule has 8 aromatic rings. The molecular formula is C36H19N7O2Pt2. The molecule has 0 aliphatic carbocycles. The first kappa shape index (κ1) is 31.9.